The highest BCUT2D eigenvalue weighted by atomic mass is 16.5. The van der Waals surface area contributed by atoms with Crippen LogP contribution in [0.25, 0.3) is 0 Å². The van der Waals surface area contributed by atoms with Crippen LogP contribution in [0, 0.1) is 5.92 Å². The number of nitrogen functional groups attached to an aromatic ring is 1. The summed E-state index contributed by atoms with van der Waals surface area (Å²) in [5, 5.41) is 3.50. The van der Waals surface area contributed by atoms with Gasteiger partial charge in [0.15, 0.2) is 5.82 Å². The summed E-state index contributed by atoms with van der Waals surface area (Å²) in [5.41, 5.74) is 6.64. The lowest BCUT2D eigenvalue weighted by atomic mass is 9.81. The number of carbonyl (C=O) groups is 1. The molecule has 1 saturated heterocycles. The quantitative estimate of drug-likeness (QED) is 0.854. The summed E-state index contributed by atoms with van der Waals surface area (Å²) >= 11 is 0. The van der Waals surface area contributed by atoms with Gasteiger partial charge in [-0.05, 0) is 38.5 Å². The third kappa shape index (κ3) is 4.09. The second kappa shape index (κ2) is 7.78. The van der Waals surface area contributed by atoms with Crippen molar-refractivity contribution < 1.29 is 9.53 Å². The lowest BCUT2D eigenvalue weighted by Crippen LogP contribution is -2.36. The van der Waals surface area contributed by atoms with Gasteiger partial charge in [0, 0.05) is 44.7 Å². The van der Waals surface area contributed by atoms with Gasteiger partial charge >= 0.3 is 0 Å². The Labute approximate surface area is 155 Å². The molecular weight excluding hydrogens is 330 g/mol. The van der Waals surface area contributed by atoms with E-state index in [0.717, 1.165) is 63.4 Å². The van der Waals surface area contributed by atoms with Crippen LogP contribution in [-0.4, -0.2) is 54.1 Å². The summed E-state index contributed by atoms with van der Waals surface area (Å²) < 4.78 is 5.48. The van der Waals surface area contributed by atoms with Crippen LogP contribution >= 0.6 is 0 Å². The summed E-state index contributed by atoms with van der Waals surface area (Å²) in [6.07, 6.45) is 7.28. The molecule has 2 heterocycles. The van der Waals surface area contributed by atoms with Gasteiger partial charge in [-0.3, -0.25) is 4.79 Å². The zero-order valence-corrected chi connectivity index (χ0v) is 16.1. The molecule has 1 saturated carbocycles. The van der Waals surface area contributed by atoms with Crippen LogP contribution in [0.15, 0.2) is 6.20 Å². The SMILES string of the molecule is CN(C)C(=O)C1CCC(Nc2nc(C3(C)CCOCC3)ncc2N)CC1. The van der Waals surface area contributed by atoms with E-state index in [2.05, 4.69) is 17.2 Å². The Morgan fingerprint density at radius 1 is 1.27 bits per heavy atom. The summed E-state index contributed by atoms with van der Waals surface area (Å²) in [4.78, 5) is 23.1. The number of rotatable bonds is 4. The number of carbonyl (C=O) groups excluding carboxylic acids is 1. The minimum Gasteiger partial charge on any atom is -0.394 e. The van der Waals surface area contributed by atoms with Crippen molar-refractivity contribution in [2.24, 2.45) is 5.92 Å². The molecular formula is C19H31N5O2. The van der Waals surface area contributed by atoms with Crippen LogP contribution in [0.4, 0.5) is 11.5 Å². The van der Waals surface area contributed by atoms with Gasteiger partial charge in [0.1, 0.15) is 5.82 Å². The fourth-order valence-corrected chi connectivity index (χ4v) is 3.89. The average molecular weight is 361 g/mol. The molecule has 0 atom stereocenters. The van der Waals surface area contributed by atoms with Crippen molar-refractivity contribution in [3.63, 3.8) is 0 Å². The zero-order valence-electron chi connectivity index (χ0n) is 16.1. The molecule has 7 nitrogen and oxygen atoms in total. The third-order valence-corrected chi connectivity index (χ3v) is 5.81. The molecule has 1 aromatic rings. The van der Waals surface area contributed by atoms with Gasteiger partial charge in [0.2, 0.25) is 5.91 Å². The van der Waals surface area contributed by atoms with E-state index in [1.54, 1.807) is 11.1 Å². The number of nitrogens with one attached hydrogen (secondary N) is 1. The summed E-state index contributed by atoms with van der Waals surface area (Å²) in [5.74, 6) is 1.95. The second-order valence-electron chi connectivity index (χ2n) is 8.10. The van der Waals surface area contributed by atoms with Crippen LogP contribution in [0.5, 0.6) is 0 Å². The highest BCUT2D eigenvalue weighted by Crippen LogP contribution is 2.34. The molecule has 0 radical (unpaired) electrons. The van der Waals surface area contributed by atoms with Gasteiger partial charge in [0.05, 0.1) is 11.9 Å². The van der Waals surface area contributed by atoms with Gasteiger partial charge in [-0.2, -0.15) is 0 Å². The molecule has 1 aliphatic heterocycles. The van der Waals surface area contributed by atoms with E-state index < -0.39 is 0 Å². The Morgan fingerprint density at radius 3 is 2.54 bits per heavy atom. The van der Waals surface area contributed by atoms with Gasteiger partial charge in [-0.15, -0.1) is 0 Å². The zero-order chi connectivity index (χ0) is 18.7. The number of nitrogens with two attached hydrogens (primary N) is 1. The first kappa shape index (κ1) is 18.9. The van der Waals surface area contributed by atoms with Crippen molar-refractivity contribution in [2.45, 2.75) is 56.9 Å². The molecule has 0 bridgehead atoms. The Balaban J connectivity index is 1.65. The fourth-order valence-electron chi connectivity index (χ4n) is 3.89. The van der Waals surface area contributed by atoms with E-state index >= 15 is 0 Å². The van der Waals surface area contributed by atoms with Crippen LogP contribution in [0.3, 0.4) is 0 Å². The van der Waals surface area contributed by atoms with E-state index in [1.165, 1.54) is 0 Å². The van der Waals surface area contributed by atoms with Gasteiger partial charge in [-0.1, -0.05) is 6.92 Å². The van der Waals surface area contributed by atoms with Gasteiger partial charge in [0.25, 0.3) is 0 Å². The van der Waals surface area contributed by atoms with Crippen LogP contribution in [-0.2, 0) is 14.9 Å². The largest absolute Gasteiger partial charge is 0.394 e. The number of hydrogen-bond acceptors (Lipinski definition) is 6. The van der Waals surface area contributed by atoms with E-state index in [9.17, 15) is 4.79 Å². The Hall–Kier alpha value is -1.89. The maximum Gasteiger partial charge on any atom is 0.225 e. The Kier molecular flexibility index (Phi) is 5.65. The molecule has 0 unspecified atom stereocenters. The number of hydrogen-bond donors (Lipinski definition) is 2. The molecule has 3 N–H and O–H groups in total. The third-order valence-electron chi connectivity index (χ3n) is 5.81. The monoisotopic (exact) mass is 361 g/mol. The average Bonchev–Trinajstić information content (AvgIpc) is 2.64. The smallest absolute Gasteiger partial charge is 0.225 e. The van der Waals surface area contributed by atoms with E-state index in [4.69, 9.17) is 15.5 Å². The van der Waals surface area contributed by atoms with E-state index in [-0.39, 0.29) is 17.2 Å². The second-order valence-corrected chi connectivity index (χ2v) is 8.10. The van der Waals surface area contributed by atoms with Crippen molar-refractivity contribution in [1.82, 2.24) is 14.9 Å². The van der Waals surface area contributed by atoms with Gasteiger partial charge in [-0.25, -0.2) is 9.97 Å². The molecule has 1 aliphatic carbocycles. The van der Waals surface area contributed by atoms with E-state index in [0.29, 0.717) is 11.7 Å². The van der Waals surface area contributed by atoms with Crippen molar-refractivity contribution in [3.05, 3.63) is 12.0 Å². The number of aromatic nitrogens is 2. The van der Waals surface area contributed by atoms with Crippen molar-refractivity contribution >= 4 is 17.4 Å². The highest BCUT2D eigenvalue weighted by molar-refractivity contribution is 5.78. The predicted molar refractivity (Wildman–Crippen MR) is 102 cm³/mol. The minimum atomic E-state index is -0.0574. The van der Waals surface area contributed by atoms with Crippen molar-refractivity contribution in [1.29, 1.82) is 0 Å². The molecule has 0 aromatic carbocycles. The fraction of sp³-hybridized carbons (Fsp3) is 0.737. The van der Waals surface area contributed by atoms with Gasteiger partial charge < -0.3 is 20.7 Å². The molecule has 1 amide bonds. The summed E-state index contributed by atoms with van der Waals surface area (Å²) in [6, 6.07) is 0.300. The molecule has 26 heavy (non-hydrogen) atoms. The van der Waals surface area contributed by atoms with Crippen LogP contribution in [0.1, 0.15) is 51.3 Å². The standard InChI is InChI=1S/C19H31N5O2/c1-19(8-10-26-11-9-19)18-21-12-15(20)16(23-18)22-14-6-4-13(5-7-14)17(25)24(2)3/h12-14H,4-11,20H2,1-3H3,(H,21,22,23). The maximum atomic E-state index is 12.1. The normalized spacial score (nSPS) is 25.5. The number of nitrogens with zero attached hydrogens (tertiary/aromatic N) is 3. The van der Waals surface area contributed by atoms with Crippen LogP contribution in [0.2, 0.25) is 0 Å². The summed E-state index contributed by atoms with van der Waals surface area (Å²) in [7, 11) is 3.65. The molecule has 1 aromatic heterocycles. The minimum absolute atomic E-state index is 0.0574. The van der Waals surface area contributed by atoms with Crippen molar-refractivity contribution in [2.75, 3.05) is 38.4 Å². The molecule has 0 spiro atoms. The Bertz CT molecular complexity index is 635. The number of amides is 1. The Morgan fingerprint density at radius 2 is 1.92 bits per heavy atom. The first-order valence-electron chi connectivity index (χ1n) is 9.57. The summed E-state index contributed by atoms with van der Waals surface area (Å²) in [6.45, 7) is 3.69. The van der Waals surface area contributed by atoms with Crippen LogP contribution < -0.4 is 11.1 Å². The highest BCUT2D eigenvalue weighted by Gasteiger charge is 2.33. The molecule has 7 heteroatoms. The van der Waals surface area contributed by atoms with Crippen molar-refractivity contribution in [3.8, 4) is 0 Å². The molecule has 2 aliphatic rings. The first-order valence-corrected chi connectivity index (χ1v) is 9.57. The first-order chi connectivity index (χ1) is 12.4. The lowest BCUT2D eigenvalue weighted by Gasteiger charge is -2.33. The topological polar surface area (TPSA) is 93.4 Å². The maximum absolute atomic E-state index is 12.1. The molecule has 2 fully saturated rings. The van der Waals surface area contributed by atoms with E-state index in [1.807, 2.05) is 14.1 Å². The number of anilines is 2. The molecule has 3 rings (SSSR count). The number of ether oxygens (including phenoxy) is 1. The lowest BCUT2D eigenvalue weighted by molar-refractivity contribution is -0.133. The molecule has 144 valence electrons. The predicted octanol–water partition coefficient (Wildman–Crippen LogP) is 2.19.